The molecule has 0 fully saturated rings. The Kier molecular flexibility index (Phi) is 3.03. The van der Waals surface area contributed by atoms with Crippen molar-refractivity contribution in [1.82, 2.24) is 0 Å². The third-order valence-corrected chi connectivity index (χ3v) is 3.52. The fourth-order valence-electron chi connectivity index (χ4n) is 2.40. The lowest BCUT2D eigenvalue weighted by atomic mass is 9.78. The van der Waals surface area contributed by atoms with E-state index in [-0.39, 0.29) is 6.61 Å². The predicted molar refractivity (Wildman–Crippen MR) is 70.7 cm³/mol. The quantitative estimate of drug-likeness (QED) is 0.890. The van der Waals surface area contributed by atoms with Gasteiger partial charge < -0.3 is 9.84 Å². The highest BCUT2D eigenvalue weighted by atomic mass is 16.5. The van der Waals surface area contributed by atoms with Gasteiger partial charge in [-0.3, -0.25) is 0 Å². The van der Waals surface area contributed by atoms with Crippen LogP contribution >= 0.6 is 0 Å². The zero-order valence-corrected chi connectivity index (χ0v) is 10.2. The first-order valence-corrected chi connectivity index (χ1v) is 6.27. The molecule has 92 valence electrons. The van der Waals surface area contributed by atoms with E-state index in [4.69, 9.17) is 9.84 Å². The number of hydrogen-bond donors (Lipinski definition) is 1. The average Bonchev–Trinajstić information content (AvgIpc) is 2.40. The molecule has 2 aromatic carbocycles. The molecule has 3 rings (SSSR count). The second kappa shape index (κ2) is 4.83. The van der Waals surface area contributed by atoms with Crippen LogP contribution in [-0.2, 0) is 13.0 Å². The van der Waals surface area contributed by atoms with Crippen LogP contribution in [0.2, 0.25) is 0 Å². The number of aliphatic hydroxyl groups excluding tert-OH is 1. The van der Waals surface area contributed by atoms with E-state index < -0.39 is 0 Å². The summed E-state index contributed by atoms with van der Waals surface area (Å²) in [5, 5.41) is 8.96. The Balaban J connectivity index is 1.59. The molecular formula is C16H16O2. The van der Waals surface area contributed by atoms with Crippen molar-refractivity contribution in [3.63, 3.8) is 0 Å². The van der Waals surface area contributed by atoms with E-state index >= 15 is 0 Å². The predicted octanol–water partition coefficient (Wildman–Crippen LogP) is 2.90. The summed E-state index contributed by atoms with van der Waals surface area (Å²) >= 11 is 0. The standard InChI is InChI=1S/C16H16O2/c17-10-12-5-7-15(8-6-12)18-11-14-9-13-3-1-2-4-16(13)14/h1-8,14,17H,9-11H2. The minimum absolute atomic E-state index is 0.0796. The monoisotopic (exact) mass is 240 g/mol. The van der Waals surface area contributed by atoms with E-state index in [2.05, 4.69) is 24.3 Å². The summed E-state index contributed by atoms with van der Waals surface area (Å²) in [5.41, 5.74) is 3.78. The van der Waals surface area contributed by atoms with Gasteiger partial charge in [-0.25, -0.2) is 0 Å². The Morgan fingerprint density at radius 2 is 1.83 bits per heavy atom. The van der Waals surface area contributed by atoms with Crippen LogP contribution in [-0.4, -0.2) is 11.7 Å². The second-order valence-electron chi connectivity index (χ2n) is 4.71. The van der Waals surface area contributed by atoms with Crippen molar-refractivity contribution < 1.29 is 9.84 Å². The van der Waals surface area contributed by atoms with E-state index in [0.29, 0.717) is 5.92 Å². The molecule has 1 aliphatic carbocycles. The van der Waals surface area contributed by atoms with Gasteiger partial charge in [0, 0.05) is 5.92 Å². The van der Waals surface area contributed by atoms with Crippen LogP contribution in [0.15, 0.2) is 48.5 Å². The zero-order chi connectivity index (χ0) is 12.4. The van der Waals surface area contributed by atoms with Gasteiger partial charge in [0.2, 0.25) is 0 Å². The third-order valence-electron chi connectivity index (χ3n) is 3.52. The Morgan fingerprint density at radius 1 is 1.06 bits per heavy atom. The fraction of sp³-hybridized carbons (Fsp3) is 0.250. The molecule has 0 heterocycles. The summed E-state index contributed by atoms with van der Waals surface area (Å²) in [6, 6.07) is 16.1. The van der Waals surface area contributed by atoms with Crippen LogP contribution in [0.1, 0.15) is 22.6 Å². The van der Waals surface area contributed by atoms with Crippen molar-refractivity contribution in [2.45, 2.75) is 18.9 Å². The van der Waals surface area contributed by atoms with Crippen LogP contribution in [0.4, 0.5) is 0 Å². The van der Waals surface area contributed by atoms with Crippen LogP contribution in [0.5, 0.6) is 5.75 Å². The summed E-state index contributed by atoms with van der Waals surface area (Å²) in [4.78, 5) is 0. The van der Waals surface area contributed by atoms with Gasteiger partial charge in [-0.2, -0.15) is 0 Å². The summed E-state index contributed by atoms with van der Waals surface area (Å²) < 4.78 is 5.78. The highest BCUT2D eigenvalue weighted by Gasteiger charge is 2.25. The minimum atomic E-state index is 0.0796. The average molecular weight is 240 g/mol. The van der Waals surface area contributed by atoms with Crippen molar-refractivity contribution >= 4 is 0 Å². The van der Waals surface area contributed by atoms with E-state index in [0.717, 1.165) is 24.3 Å². The van der Waals surface area contributed by atoms with Gasteiger partial charge in [-0.05, 0) is 35.2 Å². The molecule has 0 aromatic heterocycles. The summed E-state index contributed by atoms with van der Waals surface area (Å²) in [7, 11) is 0. The molecule has 2 aromatic rings. The van der Waals surface area contributed by atoms with Crippen LogP contribution in [0, 0.1) is 0 Å². The third kappa shape index (κ3) is 2.12. The number of aliphatic hydroxyl groups is 1. The van der Waals surface area contributed by atoms with Gasteiger partial charge in [0.25, 0.3) is 0 Å². The van der Waals surface area contributed by atoms with Gasteiger partial charge in [-0.1, -0.05) is 36.4 Å². The molecule has 2 heteroatoms. The molecule has 0 saturated heterocycles. The maximum Gasteiger partial charge on any atom is 0.119 e. The van der Waals surface area contributed by atoms with Crippen molar-refractivity contribution in [2.24, 2.45) is 0 Å². The van der Waals surface area contributed by atoms with Crippen molar-refractivity contribution in [1.29, 1.82) is 0 Å². The van der Waals surface area contributed by atoms with Gasteiger partial charge in [-0.15, -0.1) is 0 Å². The molecule has 2 nitrogen and oxygen atoms in total. The first kappa shape index (κ1) is 11.3. The number of fused-ring (bicyclic) bond motifs is 1. The lowest BCUT2D eigenvalue weighted by Crippen LogP contribution is -2.23. The maximum absolute atomic E-state index is 8.96. The molecule has 1 unspecified atom stereocenters. The highest BCUT2D eigenvalue weighted by molar-refractivity contribution is 5.40. The van der Waals surface area contributed by atoms with Crippen molar-refractivity contribution in [2.75, 3.05) is 6.61 Å². The van der Waals surface area contributed by atoms with E-state index in [1.165, 1.54) is 11.1 Å². The smallest absolute Gasteiger partial charge is 0.119 e. The van der Waals surface area contributed by atoms with Crippen LogP contribution in [0.25, 0.3) is 0 Å². The maximum atomic E-state index is 8.96. The van der Waals surface area contributed by atoms with Gasteiger partial charge in [0.1, 0.15) is 5.75 Å². The minimum Gasteiger partial charge on any atom is -0.493 e. The molecular weight excluding hydrogens is 224 g/mol. The van der Waals surface area contributed by atoms with Crippen molar-refractivity contribution in [3.05, 3.63) is 65.2 Å². The summed E-state index contributed by atoms with van der Waals surface area (Å²) in [5.74, 6) is 1.40. The summed E-state index contributed by atoms with van der Waals surface area (Å²) in [6.07, 6.45) is 1.12. The van der Waals surface area contributed by atoms with E-state index in [1.807, 2.05) is 24.3 Å². The molecule has 0 amide bonds. The topological polar surface area (TPSA) is 29.5 Å². The highest BCUT2D eigenvalue weighted by Crippen LogP contribution is 2.35. The molecule has 0 bridgehead atoms. The van der Waals surface area contributed by atoms with Crippen LogP contribution in [0.3, 0.4) is 0 Å². The molecule has 1 aliphatic rings. The molecule has 0 spiro atoms. The molecule has 18 heavy (non-hydrogen) atoms. The Morgan fingerprint density at radius 3 is 2.56 bits per heavy atom. The van der Waals surface area contributed by atoms with Crippen LogP contribution < -0.4 is 4.74 Å². The number of benzene rings is 2. The molecule has 0 radical (unpaired) electrons. The number of rotatable bonds is 4. The molecule has 0 saturated carbocycles. The van der Waals surface area contributed by atoms with Gasteiger partial charge in [0.05, 0.1) is 13.2 Å². The summed E-state index contributed by atoms with van der Waals surface area (Å²) in [6.45, 7) is 0.811. The van der Waals surface area contributed by atoms with Crippen molar-refractivity contribution in [3.8, 4) is 5.75 Å². The molecule has 1 N–H and O–H groups in total. The SMILES string of the molecule is OCc1ccc(OCC2Cc3ccccc32)cc1. The van der Waals surface area contributed by atoms with E-state index in [9.17, 15) is 0 Å². The number of hydrogen-bond acceptors (Lipinski definition) is 2. The van der Waals surface area contributed by atoms with E-state index in [1.54, 1.807) is 0 Å². The fourth-order valence-corrected chi connectivity index (χ4v) is 2.40. The molecule has 1 atom stereocenters. The lowest BCUT2D eigenvalue weighted by Gasteiger charge is -2.29. The van der Waals surface area contributed by atoms with Gasteiger partial charge >= 0.3 is 0 Å². The first-order valence-electron chi connectivity index (χ1n) is 6.27. The Hall–Kier alpha value is -1.80. The molecule has 0 aliphatic heterocycles. The Bertz CT molecular complexity index is 531. The van der Waals surface area contributed by atoms with Gasteiger partial charge in [0.15, 0.2) is 0 Å². The number of ether oxygens (including phenoxy) is 1. The second-order valence-corrected chi connectivity index (χ2v) is 4.71. The lowest BCUT2D eigenvalue weighted by molar-refractivity contribution is 0.272. The largest absolute Gasteiger partial charge is 0.493 e. The first-order chi connectivity index (χ1) is 8.86. The zero-order valence-electron chi connectivity index (χ0n) is 10.2. The normalized spacial score (nSPS) is 16.8. The Labute approximate surface area is 107 Å².